The molecule has 0 radical (unpaired) electrons. The van der Waals surface area contributed by atoms with Crippen LogP contribution in [-0.2, 0) is 43.3 Å². The SMILES string of the molecule is CC(C)(C)C1CCCCC1C(C)(C)C.CC(C)(C)CC(C)(C)CC(C)(C)C.CC(C)(C)CCCCC(C)(C)C.CC(C)(C)c1ccc(C(C)(C)C)cc1.CC(C)(C)c1cccc(C(C)(C)C)c1.CC(C)(C)c1ccccc1C(C)(C)C.Cc1cc(C(C)(C)C)c(C)cc1C(C)(C)C. The Balaban J connectivity index is 0. The standard InChI is InChI=1S/C16H26.2C14H22.C14H28.C14H22.C13H28.C12H26/c1-11-9-14(16(6,7)8)12(2)10-13(11)15(3,4)5;1-13(2,3)11-7-9-12(10-8-11)14(4,5)6;1-13(2,3)11-8-7-9-12(10-11)14(4,5)6;2*1-13(2,3)11-9-7-8-10-12(11)14(4,5)6;1-11(2,3)9-13(7,8)10-12(4,5)6;1-11(2,3)9-7-8-10-12(4,5)6/h9-10H,1-8H3;2*7-10H,1-6H3;11-12H,7-10H2,1-6H3;7-10H,1-6H3;9-10H2,1-8H3;7-10H2,1-6H3. The largest absolute Gasteiger partial charge is 0.0620 e. The zero-order valence-electron chi connectivity index (χ0n) is 74.8. The van der Waals surface area contributed by atoms with Gasteiger partial charge in [0.2, 0.25) is 0 Å². The summed E-state index contributed by atoms with van der Waals surface area (Å²) in [6.07, 6.45) is 13.9. The van der Waals surface area contributed by atoms with Gasteiger partial charge in [0.1, 0.15) is 0 Å². The summed E-state index contributed by atoms with van der Waals surface area (Å²) >= 11 is 0. The number of unbranched alkanes of at least 4 members (excludes halogenated alkanes) is 1. The molecule has 1 saturated carbocycles. The van der Waals surface area contributed by atoms with E-state index in [-0.39, 0.29) is 43.3 Å². The maximum atomic E-state index is 2.42. The van der Waals surface area contributed by atoms with E-state index in [1.54, 1.807) is 0 Å². The van der Waals surface area contributed by atoms with Crippen molar-refractivity contribution in [3.05, 3.63) is 141 Å². The quantitative estimate of drug-likeness (QED) is 0.175. The summed E-state index contributed by atoms with van der Waals surface area (Å²) in [5, 5.41) is 0. The molecule has 97 heavy (non-hydrogen) atoms. The van der Waals surface area contributed by atoms with Gasteiger partial charge in [0.25, 0.3) is 0 Å². The van der Waals surface area contributed by atoms with E-state index in [1.807, 2.05) is 0 Å². The van der Waals surface area contributed by atoms with E-state index in [9.17, 15) is 0 Å². The monoisotopic (exact) mass is 1340 g/mol. The van der Waals surface area contributed by atoms with Crippen molar-refractivity contribution < 1.29 is 0 Å². The zero-order valence-corrected chi connectivity index (χ0v) is 74.8. The second-order valence-corrected chi connectivity index (χ2v) is 46.4. The summed E-state index contributed by atoms with van der Waals surface area (Å²) < 4.78 is 0. The molecule has 0 N–H and O–H groups in total. The molecule has 2 atom stereocenters. The molecule has 4 aromatic carbocycles. The summed E-state index contributed by atoms with van der Waals surface area (Å²) in [5.74, 6) is 1.85. The van der Waals surface area contributed by atoms with Gasteiger partial charge in [-0.15, -0.1) is 0 Å². The third-order valence-electron chi connectivity index (χ3n) is 19.1. The molecule has 1 aliphatic carbocycles. The average Bonchev–Trinajstić information content (AvgIpc) is 0.908. The molecule has 0 heteroatoms. The van der Waals surface area contributed by atoms with Crippen LogP contribution in [0.4, 0.5) is 0 Å². The smallest absolute Gasteiger partial charge is 0.0129 e. The molecular formula is C97H174. The molecule has 0 spiro atoms. The van der Waals surface area contributed by atoms with Crippen LogP contribution in [0, 0.1) is 63.6 Å². The third-order valence-corrected chi connectivity index (χ3v) is 19.1. The summed E-state index contributed by atoms with van der Waals surface area (Å²) in [6.45, 7) is 106. The third kappa shape index (κ3) is 41.5. The number of hydrogen-bond acceptors (Lipinski definition) is 0. The highest BCUT2D eigenvalue weighted by atomic mass is 14.4. The van der Waals surface area contributed by atoms with Gasteiger partial charge in [-0.2, -0.15) is 0 Å². The summed E-state index contributed by atoms with van der Waals surface area (Å²) in [6, 6.07) is 31.5. The predicted molar refractivity (Wildman–Crippen MR) is 449 cm³/mol. The van der Waals surface area contributed by atoms with Crippen LogP contribution in [0.25, 0.3) is 0 Å². The minimum absolute atomic E-state index is 0.240. The van der Waals surface area contributed by atoms with Gasteiger partial charge in [-0.05, 0) is 201 Å². The highest BCUT2D eigenvalue weighted by Crippen LogP contribution is 2.49. The summed E-state index contributed by atoms with van der Waals surface area (Å²) in [7, 11) is 0. The Bertz CT molecular complexity index is 2630. The Labute approximate surface area is 612 Å². The lowest BCUT2D eigenvalue weighted by molar-refractivity contribution is 0.0335. The maximum Gasteiger partial charge on any atom is -0.0129 e. The van der Waals surface area contributed by atoms with E-state index < -0.39 is 0 Å². The van der Waals surface area contributed by atoms with E-state index in [0.29, 0.717) is 37.9 Å². The van der Waals surface area contributed by atoms with Gasteiger partial charge in [0.15, 0.2) is 0 Å². The summed E-state index contributed by atoms with van der Waals surface area (Å²) in [4.78, 5) is 0. The molecule has 5 rings (SSSR count). The topological polar surface area (TPSA) is 0 Å². The molecule has 0 aliphatic heterocycles. The molecule has 0 nitrogen and oxygen atoms in total. The summed E-state index contributed by atoms with van der Waals surface area (Å²) in [5.41, 5.74) is 19.8. The number of aryl methyl sites for hydroxylation is 2. The van der Waals surface area contributed by atoms with Crippen molar-refractivity contribution in [2.75, 3.05) is 0 Å². The first-order valence-electron chi connectivity index (χ1n) is 39.0. The van der Waals surface area contributed by atoms with Crippen LogP contribution in [0.2, 0.25) is 0 Å². The Hall–Kier alpha value is -3.12. The molecule has 2 unspecified atom stereocenters. The van der Waals surface area contributed by atoms with Crippen molar-refractivity contribution in [1.82, 2.24) is 0 Å². The van der Waals surface area contributed by atoms with Crippen molar-refractivity contribution in [2.45, 2.75) is 426 Å². The predicted octanol–water partition coefficient (Wildman–Crippen LogP) is 32.2. The highest BCUT2D eigenvalue weighted by Gasteiger charge is 2.40. The maximum absolute atomic E-state index is 2.42. The van der Waals surface area contributed by atoms with Gasteiger partial charge in [-0.1, -0.05) is 415 Å². The number of benzene rings is 4. The van der Waals surface area contributed by atoms with Gasteiger partial charge >= 0.3 is 0 Å². The fourth-order valence-corrected chi connectivity index (χ4v) is 14.6. The molecule has 1 aliphatic rings. The van der Waals surface area contributed by atoms with E-state index in [4.69, 9.17) is 0 Å². The normalized spacial score (nSPS) is 15.8. The lowest BCUT2D eigenvalue weighted by Gasteiger charge is -2.46. The van der Waals surface area contributed by atoms with Gasteiger partial charge in [-0.3, -0.25) is 0 Å². The minimum Gasteiger partial charge on any atom is -0.0620 e. The van der Waals surface area contributed by atoms with Crippen molar-refractivity contribution in [3.8, 4) is 0 Å². The second kappa shape index (κ2) is 36.3. The van der Waals surface area contributed by atoms with Crippen molar-refractivity contribution in [1.29, 1.82) is 0 Å². The molecule has 0 heterocycles. The minimum atomic E-state index is 0.240. The van der Waals surface area contributed by atoms with Gasteiger partial charge in [0.05, 0.1) is 0 Å². The van der Waals surface area contributed by atoms with Crippen molar-refractivity contribution in [3.63, 3.8) is 0 Å². The van der Waals surface area contributed by atoms with Crippen LogP contribution in [-0.4, -0.2) is 0 Å². The van der Waals surface area contributed by atoms with E-state index in [2.05, 4.69) is 403 Å². The van der Waals surface area contributed by atoms with Crippen LogP contribution in [0.3, 0.4) is 0 Å². The average molecular weight is 1340 g/mol. The van der Waals surface area contributed by atoms with Gasteiger partial charge < -0.3 is 0 Å². The van der Waals surface area contributed by atoms with E-state index >= 15 is 0 Å². The van der Waals surface area contributed by atoms with Gasteiger partial charge in [0, 0.05) is 0 Å². The van der Waals surface area contributed by atoms with E-state index in [0.717, 1.165) is 11.8 Å². The van der Waals surface area contributed by atoms with Crippen LogP contribution in [0.5, 0.6) is 0 Å². The first-order valence-corrected chi connectivity index (χ1v) is 39.0. The Morgan fingerprint density at radius 1 is 0.258 bits per heavy atom. The van der Waals surface area contributed by atoms with Crippen LogP contribution in [0.1, 0.15) is 424 Å². The molecule has 0 saturated heterocycles. The Morgan fingerprint density at radius 3 is 0.701 bits per heavy atom. The van der Waals surface area contributed by atoms with E-state index in [1.165, 1.54) is 120 Å². The molecule has 1 fully saturated rings. The first kappa shape index (κ1) is 95.9. The number of hydrogen-bond donors (Lipinski definition) is 0. The molecule has 562 valence electrons. The molecule has 4 aromatic rings. The van der Waals surface area contributed by atoms with Crippen LogP contribution in [0.15, 0.2) is 84.9 Å². The molecule has 0 bridgehead atoms. The first-order chi connectivity index (χ1) is 42.5. The van der Waals surface area contributed by atoms with Crippen LogP contribution >= 0.6 is 0 Å². The van der Waals surface area contributed by atoms with Crippen molar-refractivity contribution in [2.24, 2.45) is 49.7 Å². The van der Waals surface area contributed by atoms with Gasteiger partial charge in [-0.25, -0.2) is 0 Å². The lowest BCUT2D eigenvalue weighted by atomic mass is 9.59. The second-order valence-electron chi connectivity index (χ2n) is 46.4. The Morgan fingerprint density at radius 2 is 0.505 bits per heavy atom. The van der Waals surface area contributed by atoms with Crippen molar-refractivity contribution >= 4 is 0 Å². The zero-order chi connectivity index (χ0) is 77.4. The fraction of sp³-hybridized carbons (Fsp3) is 0.753. The lowest BCUT2D eigenvalue weighted by Crippen LogP contribution is -2.38. The van der Waals surface area contributed by atoms with Crippen LogP contribution < -0.4 is 0 Å². The molecule has 0 aromatic heterocycles. The number of rotatable bonds is 5. The Kier molecular flexibility index (Phi) is 35.9. The molecule has 0 amide bonds. The highest BCUT2D eigenvalue weighted by molar-refractivity contribution is 5.43. The fourth-order valence-electron chi connectivity index (χ4n) is 14.6. The molecular weight excluding hydrogens is 1170 g/mol.